The summed E-state index contributed by atoms with van der Waals surface area (Å²) in [6, 6.07) is 0.825. The third-order valence-corrected chi connectivity index (χ3v) is 3.13. The van der Waals surface area contributed by atoms with Gasteiger partial charge in [-0.05, 0) is 6.07 Å². The van der Waals surface area contributed by atoms with Gasteiger partial charge in [0.15, 0.2) is 11.5 Å². The van der Waals surface area contributed by atoms with Crippen LogP contribution in [0.25, 0.3) is 5.65 Å². The first-order valence-corrected chi connectivity index (χ1v) is 6.43. The van der Waals surface area contributed by atoms with Crippen molar-refractivity contribution in [3.05, 3.63) is 47.3 Å². The van der Waals surface area contributed by atoms with Crippen LogP contribution in [-0.4, -0.2) is 24.6 Å². The van der Waals surface area contributed by atoms with Crippen molar-refractivity contribution in [3.63, 3.8) is 0 Å². The maximum absolute atomic E-state index is 12.8. The number of rotatable bonds is 3. The van der Waals surface area contributed by atoms with Crippen LogP contribution in [0, 0.1) is 0 Å². The van der Waals surface area contributed by atoms with Crippen LogP contribution >= 0.6 is 11.6 Å². The molecule has 6 nitrogen and oxygen atoms in total. The van der Waals surface area contributed by atoms with Gasteiger partial charge in [-0.3, -0.25) is 9.38 Å². The Morgan fingerprint density at radius 2 is 2.05 bits per heavy atom. The second-order valence-electron chi connectivity index (χ2n) is 4.33. The summed E-state index contributed by atoms with van der Waals surface area (Å²) in [6.07, 6.45) is 0.889. The van der Waals surface area contributed by atoms with E-state index < -0.39 is 11.7 Å². The number of halogens is 4. The van der Waals surface area contributed by atoms with Gasteiger partial charge in [-0.15, -0.1) is 10.2 Å². The molecule has 1 N–H and O–H groups in total. The first-order valence-electron chi connectivity index (χ1n) is 6.05. The Balaban J connectivity index is 1.95. The fourth-order valence-corrected chi connectivity index (χ4v) is 2.08. The van der Waals surface area contributed by atoms with Gasteiger partial charge in [0.1, 0.15) is 5.82 Å². The quantitative estimate of drug-likeness (QED) is 0.800. The molecule has 0 saturated heterocycles. The molecular formula is C12H8ClF3N6. The van der Waals surface area contributed by atoms with Gasteiger partial charge in [-0.1, -0.05) is 11.6 Å². The van der Waals surface area contributed by atoms with E-state index in [0.29, 0.717) is 5.82 Å². The number of fused-ring (bicyclic) bond motifs is 1. The number of pyridine rings is 1. The van der Waals surface area contributed by atoms with Crippen LogP contribution in [0.2, 0.25) is 5.02 Å². The molecule has 0 saturated carbocycles. The predicted molar refractivity (Wildman–Crippen MR) is 72.4 cm³/mol. The van der Waals surface area contributed by atoms with E-state index in [-0.39, 0.29) is 23.0 Å². The van der Waals surface area contributed by atoms with Gasteiger partial charge < -0.3 is 5.32 Å². The summed E-state index contributed by atoms with van der Waals surface area (Å²) < 4.78 is 39.7. The van der Waals surface area contributed by atoms with E-state index in [2.05, 4.69) is 25.5 Å². The number of anilines is 1. The lowest BCUT2D eigenvalue weighted by atomic mass is 10.3. The lowest BCUT2D eigenvalue weighted by molar-refractivity contribution is -0.137. The first kappa shape index (κ1) is 14.5. The Bertz CT molecular complexity index is 802. The molecule has 0 aromatic carbocycles. The van der Waals surface area contributed by atoms with Gasteiger partial charge >= 0.3 is 6.18 Å². The molecule has 10 heteroatoms. The van der Waals surface area contributed by atoms with Gasteiger partial charge in [-0.2, -0.15) is 13.2 Å². The van der Waals surface area contributed by atoms with Gasteiger partial charge in [0.05, 0.1) is 23.3 Å². The fraction of sp³-hybridized carbons (Fsp3) is 0.167. The van der Waals surface area contributed by atoms with Crippen LogP contribution in [0.15, 0.2) is 30.9 Å². The molecule has 3 aromatic heterocycles. The minimum Gasteiger partial charge on any atom is -0.361 e. The second kappa shape index (κ2) is 5.41. The van der Waals surface area contributed by atoms with Crippen molar-refractivity contribution in [2.75, 3.05) is 5.32 Å². The molecule has 0 bridgehead atoms. The molecule has 3 heterocycles. The van der Waals surface area contributed by atoms with E-state index >= 15 is 0 Å². The second-order valence-corrected chi connectivity index (χ2v) is 4.74. The zero-order chi connectivity index (χ0) is 15.7. The van der Waals surface area contributed by atoms with Crippen molar-refractivity contribution in [1.82, 2.24) is 24.6 Å². The highest BCUT2D eigenvalue weighted by molar-refractivity contribution is 6.33. The highest BCUT2D eigenvalue weighted by atomic mass is 35.5. The summed E-state index contributed by atoms with van der Waals surface area (Å²) in [5.74, 6) is 0.742. The van der Waals surface area contributed by atoms with Crippen molar-refractivity contribution in [2.45, 2.75) is 12.7 Å². The highest BCUT2D eigenvalue weighted by Crippen LogP contribution is 2.32. The standard InChI is InChI=1S/C12H8ClF3N6/c13-8-3-7(12(14,15)16)6-22-10(20-21-11(8)22)5-19-9-4-17-1-2-18-9/h1-4,6H,5H2,(H,18,19). The van der Waals surface area contributed by atoms with Crippen LogP contribution in [0.5, 0.6) is 0 Å². The Morgan fingerprint density at radius 3 is 2.73 bits per heavy atom. The lowest BCUT2D eigenvalue weighted by Crippen LogP contribution is -2.09. The van der Waals surface area contributed by atoms with E-state index in [1.54, 1.807) is 0 Å². The van der Waals surface area contributed by atoms with Crippen LogP contribution < -0.4 is 5.32 Å². The van der Waals surface area contributed by atoms with E-state index in [1.807, 2.05) is 0 Å². The summed E-state index contributed by atoms with van der Waals surface area (Å²) in [6.45, 7) is 0.123. The molecular weight excluding hydrogens is 321 g/mol. The van der Waals surface area contributed by atoms with Gasteiger partial charge in [-0.25, -0.2) is 4.98 Å². The van der Waals surface area contributed by atoms with Crippen molar-refractivity contribution in [1.29, 1.82) is 0 Å². The number of hydrogen-bond acceptors (Lipinski definition) is 5. The molecule has 22 heavy (non-hydrogen) atoms. The molecule has 0 radical (unpaired) electrons. The third-order valence-electron chi connectivity index (χ3n) is 2.85. The number of alkyl halides is 3. The summed E-state index contributed by atoms with van der Waals surface area (Å²) in [7, 11) is 0. The number of nitrogens with zero attached hydrogens (tertiary/aromatic N) is 5. The maximum Gasteiger partial charge on any atom is 0.417 e. The molecule has 0 aliphatic carbocycles. The topological polar surface area (TPSA) is 68.0 Å². The Labute approximate surface area is 127 Å². The molecule has 0 unspecified atom stereocenters. The molecule has 0 atom stereocenters. The molecule has 0 aliphatic heterocycles. The highest BCUT2D eigenvalue weighted by Gasteiger charge is 2.32. The average Bonchev–Trinajstić information content (AvgIpc) is 2.89. The smallest absolute Gasteiger partial charge is 0.361 e. The number of aromatic nitrogens is 5. The van der Waals surface area contributed by atoms with E-state index in [4.69, 9.17) is 11.6 Å². The minimum atomic E-state index is -4.50. The predicted octanol–water partition coefficient (Wildman–Crippen LogP) is 2.80. The van der Waals surface area contributed by atoms with E-state index in [9.17, 15) is 13.2 Å². The zero-order valence-corrected chi connectivity index (χ0v) is 11.6. The summed E-state index contributed by atoms with van der Waals surface area (Å²) in [5, 5.41) is 10.4. The molecule has 114 valence electrons. The van der Waals surface area contributed by atoms with Crippen molar-refractivity contribution in [2.24, 2.45) is 0 Å². The average molecular weight is 329 g/mol. The number of hydrogen-bond donors (Lipinski definition) is 1. The van der Waals surface area contributed by atoms with E-state index in [0.717, 1.165) is 12.3 Å². The minimum absolute atomic E-state index is 0.118. The number of nitrogens with one attached hydrogen (secondary N) is 1. The van der Waals surface area contributed by atoms with Gasteiger partial charge in [0, 0.05) is 18.6 Å². The zero-order valence-electron chi connectivity index (χ0n) is 10.8. The molecule has 0 aliphatic rings. The Morgan fingerprint density at radius 1 is 1.23 bits per heavy atom. The Hall–Kier alpha value is -2.42. The fourth-order valence-electron chi connectivity index (χ4n) is 1.84. The third kappa shape index (κ3) is 2.80. The van der Waals surface area contributed by atoms with E-state index in [1.165, 1.54) is 23.0 Å². The first-order chi connectivity index (χ1) is 10.4. The Kier molecular flexibility index (Phi) is 3.57. The molecule has 0 spiro atoms. The van der Waals surface area contributed by atoms with Gasteiger partial charge in [0.2, 0.25) is 0 Å². The SMILES string of the molecule is FC(F)(F)c1cc(Cl)c2nnc(CNc3cnccn3)n2c1. The van der Waals surface area contributed by atoms with Crippen LogP contribution in [0.4, 0.5) is 19.0 Å². The van der Waals surface area contributed by atoms with Crippen LogP contribution in [-0.2, 0) is 12.7 Å². The van der Waals surface area contributed by atoms with Crippen LogP contribution in [0.3, 0.4) is 0 Å². The lowest BCUT2D eigenvalue weighted by Gasteiger charge is -2.09. The summed E-state index contributed by atoms with van der Waals surface area (Å²) in [4.78, 5) is 7.87. The summed E-state index contributed by atoms with van der Waals surface area (Å²) >= 11 is 5.83. The van der Waals surface area contributed by atoms with Crippen molar-refractivity contribution in [3.8, 4) is 0 Å². The molecule has 0 amide bonds. The van der Waals surface area contributed by atoms with Crippen LogP contribution in [0.1, 0.15) is 11.4 Å². The largest absolute Gasteiger partial charge is 0.417 e. The normalized spacial score (nSPS) is 11.8. The molecule has 0 fully saturated rings. The monoisotopic (exact) mass is 328 g/mol. The summed E-state index contributed by atoms with van der Waals surface area (Å²) in [5.41, 5.74) is -0.712. The maximum atomic E-state index is 12.8. The van der Waals surface area contributed by atoms with Gasteiger partial charge in [0.25, 0.3) is 0 Å². The van der Waals surface area contributed by atoms with Crippen molar-refractivity contribution < 1.29 is 13.2 Å². The van der Waals surface area contributed by atoms with Crippen molar-refractivity contribution >= 4 is 23.1 Å². The molecule has 3 aromatic rings. The molecule has 3 rings (SSSR count).